The zero-order valence-corrected chi connectivity index (χ0v) is 10.6. The monoisotopic (exact) mass is 235 g/mol. The molecule has 4 nitrogen and oxygen atoms in total. The van der Waals surface area contributed by atoms with Gasteiger partial charge in [0.15, 0.2) is 9.84 Å². The molecule has 90 valence electrons. The average Bonchev–Trinajstić information content (AvgIpc) is 2.40. The number of rotatable bonds is 5. The Kier molecular flexibility index (Phi) is 4.14. The lowest BCUT2D eigenvalue weighted by Crippen LogP contribution is -2.50. The molecule has 1 aliphatic heterocycles. The van der Waals surface area contributed by atoms with Crippen molar-refractivity contribution in [2.45, 2.75) is 38.3 Å². The minimum atomic E-state index is -2.83. The first kappa shape index (κ1) is 12.9. The first-order valence-corrected chi connectivity index (χ1v) is 7.20. The molecular formula is C10H21NO3S. The van der Waals surface area contributed by atoms with Crippen LogP contribution in [0.4, 0.5) is 0 Å². The van der Waals surface area contributed by atoms with Crippen LogP contribution in [0.25, 0.3) is 0 Å². The highest BCUT2D eigenvalue weighted by atomic mass is 32.2. The maximum atomic E-state index is 11.4. The van der Waals surface area contributed by atoms with Crippen LogP contribution in [0, 0.1) is 0 Å². The van der Waals surface area contributed by atoms with Gasteiger partial charge in [0, 0.05) is 18.7 Å². The van der Waals surface area contributed by atoms with Gasteiger partial charge >= 0.3 is 0 Å². The number of methoxy groups -OCH3 is 1. The Labute approximate surface area is 92.3 Å². The highest BCUT2D eigenvalue weighted by Crippen LogP contribution is 2.23. The van der Waals surface area contributed by atoms with E-state index in [0.29, 0.717) is 18.8 Å². The minimum absolute atomic E-state index is 0.244. The van der Waals surface area contributed by atoms with Crippen molar-refractivity contribution in [1.29, 1.82) is 0 Å². The van der Waals surface area contributed by atoms with E-state index < -0.39 is 9.84 Å². The lowest BCUT2D eigenvalue weighted by atomic mass is 10.00. The minimum Gasteiger partial charge on any atom is -0.383 e. The van der Waals surface area contributed by atoms with Gasteiger partial charge in [-0.2, -0.15) is 0 Å². The molecule has 0 saturated carbocycles. The normalized spacial score (nSPS) is 31.7. The molecule has 2 unspecified atom stereocenters. The molecule has 0 spiro atoms. The quantitative estimate of drug-likeness (QED) is 0.757. The van der Waals surface area contributed by atoms with Crippen molar-refractivity contribution in [3.05, 3.63) is 0 Å². The van der Waals surface area contributed by atoms with E-state index in [1.54, 1.807) is 7.11 Å². The van der Waals surface area contributed by atoms with Crippen molar-refractivity contribution in [2.24, 2.45) is 0 Å². The van der Waals surface area contributed by atoms with Crippen LogP contribution < -0.4 is 5.32 Å². The highest BCUT2D eigenvalue weighted by molar-refractivity contribution is 7.91. The molecule has 0 aromatic carbocycles. The molecule has 1 N–H and O–H groups in total. The van der Waals surface area contributed by atoms with E-state index in [9.17, 15) is 8.42 Å². The van der Waals surface area contributed by atoms with Crippen molar-refractivity contribution >= 4 is 9.84 Å². The molecule has 1 aliphatic rings. The summed E-state index contributed by atoms with van der Waals surface area (Å²) in [5.74, 6) is 0.556. The third-order valence-corrected chi connectivity index (χ3v) is 4.82. The number of sulfone groups is 1. The zero-order chi connectivity index (χ0) is 11.5. The van der Waals surface area contributed by atoms with Crippen LogP contribution in [0.3, 0.4) is 0 Å². The second-order valence-corrected chi connectivity index (χ2v) is 6.79. The van der Waals surface area contributed by atoms with Crippen LogP contribution in [-0.4, -0.2) is 45.2 Å². The van der Waals surface area contributed by atoms with Crippen molar-refractivity contribution in [3.8, 4) is 0 Å². The Bertz CT molecular complexity index is 302. The molecule has 0 radical (unpaired) electrons. The summed E-state index contributed by atoms with van der Waals surface area (Å²) in [6.45, 7) is 4.69. The lowest BCUT2D eigenvalue weighted by molar-refractivity contribution is 0.149. The number of hydrogen-bond donors (Lipinski definition) is 1. The summed E-state index contributed by atoms with van der Waals surface area (Å²) in [5.41, 5.74) is -0.266. The largest absolute Gasteiger partial charge is 0.383 e. The van der Waals surface area contributed by atoms with Crippen molar-refractivity contribution < 1.29 is 13.2 Å². The molecule has 2 atom stereocenters. The van der Waals surface area contributed by atoms with E-state index in [1.165, 1.54) is 0 Å². The summed E-state index contributed by atoms with van der Waals surface area (Å²) >= 11 is 0. The van der Waals surface area contributed by atoms with E-state index in [2.05, 4.69) is 12.2 Å². The van der Waals surface area contributed by atoms with Crippen LogP contribution in [0.15, 0.2) is 0 Å². The SMILES string of the molecule is CCC(COC)NC1(C)CCS(=O)(=O)C1. The maximum Gasteiger partial charge on any atom is 0.152 e. The van der Waals surface area contributed by atoms with Gasteiger partial charge in [0.1, 0.15) is 0 Å². The average molecular weight is 235 g/mol. The van der Waals surface area contributed by atoms with Gasteiger partial charge in [-0.25, -0.2) is 8.42 Å². The molecule has 0 bridgehead atoms. The fourth-order valence-electron chi connectivity index (χ4n) is 2.08. The Morgan fingerprint density at radius 3 is 2.60 bits per heavy atom. The second-order valence-electron chi connectivity index (χ2n) is 4.61. The maximum absolute atomic E-state index is 11.4. The van der Waals surface area contributed by atoms with Crippen LogP contribution >= 0.6 is 0 Å². The molecule has 0 aromatic heterocycles. The molecule has 0 amide bonds. The van der Waals surface area contributed by atoms with Gasteiger partial charge < -0.3 is 10.1 Å². The molecule has 0 aromatic rings. The fraction of sp³-hybridized carbons (Fsp3) is 1.00. The Morgan fingerprint density at radius 1 is 1.53 bits per heavy atom. The molecule has 1 rings (SSSR count). The zero-order valence-electron chi connectivity index (χ0n) is 9.75. The smallest absolute Gasteiger partial charge is 0.152 e. The Morgan fingerprint density at radius 2 is 2.20 bits per heavy atom. The summed E-state index contributed by atoms with van der Waals surface area (Å²) in [6, 6.07) is 0.244. The summed E-state index contributed by atoms with van der Waals surface area (Å²) in [6.07, 6.45) is 1.65. The number of hydrogen-bond acceptors (Lipinski definition) is 4. The van der Waals surface area contributed by atoms with Crippen molar-refractivity contribution in [2.75, 3.05) is 25.2 Å². The van der Waals surface area contributed by atoms with Gasteiger partial charge in [0.25, 0.3) is 0 Å². The first-order valence-electron chi connectivity index (χ1n) is 5.38. The van der Waals surface area contributed by atoms with Crippen LogP contribution in [-0.2, 0) is 14.6 Å². The van der Waals surface area contributed by atoms with Crippen LogP contribution in [0.1, 0.15) is 26.7 Å². The van der Waals surface area contributed by atoms with E-state index in [0.717, 1.165) is 6.42 Å². The lowest BCUT2D eigenvalue weighted by Gasteiger charge is -2.29. The predicted molar refractivity (Wildman–Crippen MR) is 60.8 cm³/mol. The van der Waals surface area contributed by atoms with Gasteiger partial charge in [0.05, 0.1) is 18.1 Å². The second kappa shape index (κ2) is 4.80. The van der Waals surface area contributed by atoms with Gasteiger partial charge in [-0.1, -0.05) is 6.92 Å². The van der Waals surface area contributed by atoms with E-state index in [-0.39, 0.29) is 17.3 Å². The van der Waals surface area contributed by atoms with Crippen LogP contribution in [0.2, 0.25) is 0 Å². The van der Waals surface area contributed by atoms with Crippen molar-refractivity contribution in [3.63, 3.8) is 0 Å². The summed E-state index contributed by atoms with van der Waals surface area (Å²) in [7, 11) is -1.16. The van der Waals surface area contributed by atoms with Crippen LogP contribution in [0.5, 0.6) is 0 Å². The molecular weight excluding hydrogens is 214 g/mol. The van der Waals surface area contributed by atoms with Gasteiger partial charge in [-0.15, -0.1) is 0 Å². The Balaban J connectivity index is 2.57. The van der Waals surface area contributed by atoms with Gasteiger partial charge in [0.2, 0.25) is 0 Å². The Hall–Kier alpha value is -0.130. The van der Waals surface area contributed by atoms with E-state index in [4.69, 9.17) is 4.74 Å². The highest BCUT2D eigenvalue weighted by Gasteiger charge is 2.39. The molecule has 0 aliphatic carbocycles. The molecule has 1 saturated heterocycles. The van der Waals surface area contributed by atoms with Crippen molar-refractivity contribution in [1.82, 2.24) is 5.32 Å². The molecule has 5 heteroatoms. The first-order chi connectivity index (χ1) is 6.91. The standard InChI is InChI=1S/C10H21NO3S/c1-4-9(7-14-3)11-10(2)5-6-15(12,13)8-10/h9,11H,4-8H2,1-3H3. The molecule has 1 heterocycles. The topological polar surface area (TPSA) is 55.4 Å². The van der Waals surface area contributed by atoms with Gasteiger partial charge in [-0.3, -0.25) is 0 Å². The summed E-state index contributed by atoms with van der Waals surface area (Å²) < 4.78 is 27.9. The van der Waals surface area contributed by atoms with E-state index >= 15 is 0 Å². The number of nitrogens with one attached hydrogen (secondary N) is 1. The van der Waals surface area contributed by atoms with Gasteiger partial charge in [-0.05, 0) is 19.8 Å². The summed E-state index contributed by atoms with van der Waals surface area (Å²) in [4.78, 5) is 0. The molecule has 15 heavy (non-hydrogen) atoms. The molecule has 1 fully saturated rings. The third-order valence-electron chi connectivity index (χ3n) is 2.92. The third kappa shape index (κ3) is 3.74. The predicted octanol–water partition coefficient (Wildman–Crippen LogP) is 0.578. The fourth-order valence-corrected chi connectivity index (χ4v) is 4.18. The number of ether oxygens (including phenoxy) is 1. The summed E-state index contributed by atoms with van der Waals surface area (Å²) in [5, 5.41) is 3.39. The van der Waals surface area contributed by atoms with E-state index in [1.807, 2.05) is 6.92 Å².